The van der Waals surface area contributed by atoms with E-state index in [-0.39, 0.29) is 17.7 Å². The van der Waals surface area contributed by atoms with Gasteiger partial charge in [0, 0.05) is 19.1 Å². The van der Waals surface area contributed by atoms with Crippen LogP contribution in [-0.2, 0) is 4.74 Å². The quantitative estimate of drug-likeness (QED) is 0.885. The Labute approximate surface area is 110 Å². The molecule has 1 aromatic carbocycles. The van der Waals surface area contributed by atoms with Gasteiger partial charge < -0.3 is 15.0 Å². The number of likely N-dealkylation sites (tertiary alicyclic amines) is 1. The molecule has 1 atom stereocenters. The number of benzene rings is 1. The first kappa shape index (κ1) is 13.1. The minimum absolute atomic E-state index is 0.000909. The van der Waals surface area contributed by atoms with E-state index < -0.39 is 5.82 Å². The monoisotopic (exact) mass is 263 g/mol. The lowest BCUT2D eigenvalue weighted by Crippen LogP contribution is -2.31. The lowest BCUT2D eigenvalue weighted by Gasteiger charge is -2.17. The number of rotatable bonds is 2. The van der Waals surface area contributed by atoms with Gasteiger partial charge in [-0.25, -0.2) is 9.18 Å². The summed E-state index contributed by atoms with van der Waals surface area (Å²) in [5.74, 6) is -0.546. The molecular weight excluding hydrogens is 249 g/mol. The normalized spacial score (nSPS) is 17.9. The molecular formula is C13H14FN3O2. The first-order chi connectivity index (χ1) is 9.15. The molecule has 1 aromatic rings. The lowest BCUT2D eigenvalue weighted by atomic mass is 10.1. The largest absolute Gasteiger partial charge is 0.453 e. The summed E-state index contributed by atoms with van der Waals surface area (Å²) in [5.41, 5.74) is 0.457. The molecule has 1 aliphatic rings. The standard InChI is InChI=1S/C13H14FN3O2/c1-19-13(18)17-6-5-9(8-17)16-12-4-2-3-11(14)10(12)7-15/h2-4,9,16H,5-6,8H2,1H3/t9-/m0/s1. The number of nitrogens with one attached hydrogen (secondary N) is 1. The van der Waals surface area contributed by atoms with Crippen molar-refractivity contribution in [2.75, 3.05) is 25.5 Å². The second-order valence-corrected chi connectivity index (χ2v) is 4.32. The molecule has 0 aliphatic carbocycles. The Kier molecular flexibility index (Phi) is 3.85. The van der Waals surface area contributed by atoms with Crippen molar-refractivity contribution in [3.63, 3.8) is 0 Å². The molecule has 1 saturated heterocycles. The van der Waals surface area contributed by atoms with E-state index in [1.165, 1.54) is 13.2 Å². The number of halogens is 1. The third kappa shape index (κ3) is 2.76. The molecule has 0 bridgehead atoms. The van der Waals surface area contributed by atoms with E-state index in [9.17, 15) is 9.18 Å². The Morgan fingerprint density at radius 2 is 2.42 bits per heavy atom. The summed E-state index contributed by atoms with van der Waals surface area (Å²) in [7, 11) is 1.34. The fraction of sp³-hybridized carbons (Fsp3) is 0.385. The molecule has 5 nitrogen and oxygen atoms in total. The van der Waals surface area contributed by atoms with E-state index >= 15 is 0 Å². The van der Waals surface area contributed by atoms with Crippen molar-refractivity contribution >= 4 is 11.8 Å². The van der Waals surface area contributed by atoms with Crippen LogP contribution in [0.25, 0.3) is 0 Å². The Balaban J connectivity index is 2.06. The topological polar surface area (TPSA) is 65.4 Å². The van der Waals surface area contributed by atoms with Gasteiger partial charge in [-0.1, -0.05) is 6.07 Å². The number of hydrogen-bond donors (Lipinski definition) is 1. The summed E-state index contributed by atoms with van der Waals surface area (Å²) in [6.45, 7) is 1.07. The summed E-state index contributed by atoms with van der Waals surface area (Å²) in [5, 5.41) is 12.0. The second kappa shape index (κ2) is 5.57. The zero-order valence-corrected chi connectivity index (χ0v) is 10.5. The van der Waals surface area contributed by atoms with E-state index in [1.807, 2.05) is 6.07 Å². The molecule has 1 amide bonds. The van der Waals surface area contributed by atoms with Gasteiger partial charge in [-0.2, -0.15) is 5.26 Å². The SMILES string of the molecule is COC(=O)N1CC[C@H](Nc2cccc(F)c2C#N)C1. The molecule has 19 heavy (non-hydrogen) atoms. The van der Waals surface area contributed by atoms with Crippen molar-refractivity contribution < 1.29 is 13.9 Å². The molecule has 0 unspecified atom stereocenters. The van der Waals surface area contributed by atoms with E-state index in [4.69, 9.17) is 5.26 Å². The fourth-order valence-electron chi connectivity index (χ4n) is 2.15. The zero-order valence-electron chi connectivity index (χ0n) is 10.5. The van der Waals surface area contributed by atoms with E-state index in [2.05, 4.69) is 10.1 Å². The Hall–Kier alpha value is -2.29. The molecule has 1 N–H and O–H groups in total. The van der Waals surface area contributed by atoms with Gasteiger partial charge >= 0.3 is 6.09 Å². The average Bonchev–Trinajstić information content (AvgIpc) is 2.87. The number of nitrogens with zero attached hydrogens (tertiary/aromatic N) is 2. The van der Waals surface area contributed by atoms with Gasteiger partial charge in [-0.15, -0.1) is 0 Å². The summed E-state index contributed by atoms with van der Waals surface area (Å²) >= 11 is 0. The Morgan fingerprint density at radius 1 is 1.63 bits per heavy atom. The fourth-order valence-corrected chi connectivity index (χ4v) is 2.15. The predicted octanol–water partition coefficient (Wildman–Crippen LogP) is 1.95. The van der Waals surface area contributed by atoms with Crippen LogP contribution >= 0.6 is 0 Å². The third-order valence-electron chi connectivity index (χ3n) is 3.11. The summed E-state index contributed by atoms with van der Waals surface area (Å²) in [6.07, 6.45) is 0.361. The molecule has 0 spiro atoms. The summed E-state index contributed by atoms with van der Waals surface area (Å²) in [6, 6.07) is 6.29. The highest BCUT2D eigenvalue weighted by molar-refractivity contribution is 5.68. The number of anilines is 1. The van der Waals surface area contributed by atoms with Crippen molar-refractivity contribution in [2.45, 2.75) is 12.5 Å². The molecule has 2 rings (SSSR count). The maximum atomic E-state index is 13.4. The summed E-state index contributed by atoms with van der Waals surface area (Å²) < 4.78 is 18.1. The number of carbonyl (C=O) groups is 1. The number of hydrogen-bond acceptors (Lipinski definition) is 4. The second-order valence-electron chi connectivity index (χ2n) is 4.32. The van der Waals surface area contributed by atoms with Crippen LogP contribution in [0, 0.1) is 17.1 Å². The van der Waals surface area contributed by atoms with E-state index in [0.717, 1.165) is 6.42 Å². The molecule has 100 valence electrons. The molecule has 1 fully saturated rings. The van der Waals surface area contributed by atoms with Crippen molar-refractivity contribution in [1.29, 1.82) is 5.26 Å². The highest BCUT2D eigenvalue weighted by Gasteiger charge is 2.27. The van der Waals surface area contributed by atoms with Gasteiger partial charge in [-0.3, -0.25) is 0 Å². The van der Waals surface area contributed by atoms with Gasteiger partial charge in [0.25, 0.3) is 0 Å². The van der Waals surface area contributed by atoms with Crippen molar-refractivity contribution in [3.05, 3.63) is 29.6 Å². The number of amides is 1. The van der Waals surface area contributed by atoms with Crippen LogP contribution in [0.5, 0.6) is 0 Å². The van der Waals surface area contributed by atoms with E-state index in [0.29, 0.717) is 18.8 Å². The Morgan fingerprint density at radius 3 is 3.11 bits per heavy atom. The lowest BCUT2D eigenvalue weighted by molar-refractivity contribution is 0.133. The van der Waals surface area contributed by atoms with Gasteiger partial charge in [0.2, 0.25) is 0 Å². The molecule has 0 radical (unpaired) electrons. The van der Waals surface area contributed by atoms with Crippen LogP contribution in [0.4, 0.5) is 14.9 Å². The number of carbonyl (C=O) groups excluding carboxylic acids is 1. The average molecular weight is 263 g/mol. The highest BCUT2D eigenvalue weighted by atomic mass is 19.1. The molecule has 0 aromatic heterocycles. The molecule has 0 saturated carbocycles. The number of nitriles is 1. The smallest absolute Gasteiger partial charge is 0.409 e. The van der Waals surface area contributed by atoms with Crippen LogP contribution in [0.15, 0.2) is 18.2 Å². The Bertz CT molecular complexity index is 527. The van der Waals surface area contributed by atoms with Gasteiger partial charge in [0.15, 0.2) is 0 Å². The van der Waals surface area contributed by atoms with E-state index in [1.54, 1.807) is 17.0 Å². The zero-order chi connectivity index (χ0) is 13.8. The highest BCUT2D eigenvalue weighted by Crippen LogP contribution is 2.21. The van der Waals surface area contributed by atoms with Crippen LogP contribution in [0.2, 0.25) is 0 Å². The predicted molar refractivity (Wildman–Crippen MR) is 67.1 cm³/mol. The van der Waals surface area contributed by atoms with Crippen LogP contribution < -0.4 is 5.32 Å². The maximum Gasteiger partial charge on any atom is 0.409 e. The van der Waals surface area contributed by atoms with Gasteiger partial charge in [0.1, 0.15) is 17.4 Å². The number of ether oxygens (including phenoxy) is 1. The summed E-state index contributed by atoms with van der Waals surface area (Å²) in [4.78, 5) is 12.9. The van der Waals surface area contributed by atoms with Gasteiger partial charge in [0.05, 0.1) is 12.8 Å². The minimum Gasteiger partial charge on any atom is -0.453 e. The van der Waals surface area contributed by atoms with Crippen molar-refractivity contribution in [2.24, 2.45) is 0 Å². The van der Waals surface area contributed by atoms with Crippen LogP contribution in [-0.4, -0.2) is 37.2 Å². The third-order valence-corrected chi connectivity index (χ3v) is 3.11. The minimum atomic E-state index is -0.546. The van der Waals surface area contributed by atoms with Crippen molar-refractivity contribution in [3.8, 4) is 6.07 Å². The first-order valence-electron chi connectivity index (χ1n) is 5.93. The van der Waals surface area contributed by atoms with Crippen molar-refractivity contribution in [1.82, 2.24) is 4.90 Å². The van der Waals surface area contributed by atoms with Crippen LogP contribution in [0.1, 0.15) is 12.0 Å². The van der Waals surface area contributed by atoms with Gasteiger partial charge in [-0.05, 0) is 18.6 Å². The van der Waals surface area contributed by atoms with Crippen LogP contribution in [0.3, 0.4) is 0 Å². The molecule has 1 aliphatic heterocycles. The molecule has 1 heterocycles. The first-order valence-corrected chi connectivity index (χ1v) is 5.93. The maximum absolute atomic E-state index is 13.4. The number of methoxy groups -OCH3 is 1. The molecule has 6 heteroatoms.